The molecule has 0 aliphatic heterocycles. The number of thiocarbonyl (C=S) groups is 1. The van der Waals surface area contributed by atoms with Crippen LogP contribution in [0.25, 0.3) is 0 Å². The number of aryl methyl sites for hydroxylation is 1. The smallest absolute Gasteiger partial charge is 0.252 e. The second-order valence-corrected chi connectivity index (χ2v) is 8.95. The SMILES string of the molecule is CC(=O)Nc1ccc(NC(=S)N[C@@H](NC(=O)c2ccc(C)cc2)C(Cl)(Cl)Cl)cc1. The Balaban J connectivity index is 2.02. The van der Waals surface area contributed by atoms with Gasteiger partial charge in [0.25, 0.3) is 5.91 Å². The first-order valence-electron chi connectivity index (χ1n) is 8.44. The van der Waals surface area contributed by atoms with Crippen LogP contribution in [-0.4, -0.2) is 26.9 Å². The van der Waals surface area contributed by atoms with Gasteiger partial charge in [-0.25, -0.2) is 0 Å². The third-order valence-electron chi connectivity index (χ3n) is 3.66. The Hall–Kier alpha value is -2.06. The van der Waals surface area contributed by atoms with Crippen LogP contribution in [0.4, 0.5) is 11.4 Å². The number of benzene rings is 2. The number of carbonyl (C=O) groups excluding carboxylic acids is 2. The maximum Gasteiger partial charge on any atom is 0.252 e. The van der Waals surface area contributed by atoms with Crippen molar-refractivity contribution in [2.75, 3.05) is 10.6 Å². The first kappa shape index (κ1) is 23.2. The lowest BCUT2D eigenvalue weighted by atomic mass is 10.1. The van der Waals surface area contributed by atoms with E-state index in [0.717, 1.165) is 5.56 Å². The van der Waals surface area contributed by atoms with E-state index in [9.17, 15) is 9.59 Å². The first-order valence-corrected chi connectivity index (χ1v) is 9.98. The van der Waals surface area contributed by atoms with E-state index in [0.29, 0.717) is 16.9 Å². The molecule has 0 radical (unpaired) electrons. The maximum atomic E-state index is 12.5. The number of rotatable bonds is 5. The Morgan fingerprint density at radius 1 is 0.897 bits per heavy atom. The van der Waals surface area contributed by atoms with Crippen LogP contribution < -0.4 is 21.3 Å². The summed E-state index contributed by atoms with van der Waals surface area (Å²) in [5, 5.41) is 11.1. The fourth-order valence-electron chi connectivity index (χ4n) is 2.26. The zero-order valence-electron chi connectivity index (χ0n) is 15.6. The van der Waals surface area contributed by atoms with Gasteiger partial charge in [0.2, 0.25) is 9.70 Å². The molecule has 154 valence electrons. The molecule has 0 bridgehead atoms. The molecule has 6 nitrogen and oxygen atoms in total. The minimum Gasteiger partial charge on any atom is -0.339 e. The molecule has 0 heterocycles. The van der Waals surface area contributed by atoms with Gasteiger partial charge < -0.3 is 21.3 Å². The highest BCUT2D eigenvalue weighted by Gasteiger charge is 2.34. The van der Waals surface area contributed by atoms with Crippen LogP contribution >= 0.6 is 47.0 Å². The highest BCUT2D eigenvalue weighted by Crippen LogP contribution is 2.29. The van der Waals surface area contributed by atoms with Crippen LogP contribution in [0.15, 0.2) is 48.5 Å². The van der Waals surface area contributed by atoms with Crippen molar-refractivity contribution in [1.29, 1.82) is 0 Å². The minimum absolute atomic E-state index is 0.137. The average molecular weight is 474 g/mol. The summed E-state index contributed by atoms with van der Waals surface area (Å²) in [6, 6.07) is 13.8. The summed E-state index contributed by atoms with van der Waals surface area (Å²) in [6.07, 6.45) is -1.08. The van der Waals surface area contributed by atoms with E-state index in [1.165, 1.54) is 6.92 Å². The van der Waals surface area contributed by atoms with E-state index < -0.39 is 15.9 Å². The monoisotopic (exact) mass is 472 g/mol. The molecular formula is C19H19Cl3N4O2S. The van der Waals surface area contributed by atoms with Crippen molar-refractivity contribution in [3.05, 3.63) is 59.7 Å². The molecule has 2 aromatic rings. The van der Waals surface area contributed by atoms with Gasteiger partial charge in [0.15, 0.2) is 5.11 Å². The molecule has 0 aliphatic rings. The topological polar surface area (TPSA) is 82.3 Å². The molecule has 29 heavy (non-hydrogen) atoms. The van der Waals surface area contributed by atoms with Gasteiger partial charge >= 0.3 is 0 Å². The molecule has 2 rings (SSSR count). The highest BCUT2D eigenvalue weighted by molar-refractivity contribution is 7.80. The number of halogens is 3. The van der Waals surface area contributed by atoms with Crippen molar-refractivity contribution < 1.29 is 9.59 Å². The molecular weight excluding hydrogens is 455 g/mol. The summed E-state index contributed by atoms with van der Waals surface area (Å²) in [4.78, 5) is 23.5. The lowest BCUT2D eigenvalue weighted by molar-refractivity contribution is -0.114. The number of alkyl halides is 3. The molecule has 1 atom stereocenters. The molecule has 10 heteroatoms. The van der Waals surface area contributed by atoms with E-state index in [1.54, 1.807) is 36.4 Å². The maximum absolute atomic E-state index is 12.5. The average Bonchev–Trinajstić information content (AvgIpc) is 2.62. The summed E-state index contributed by atoms with van der Waals surface area (Å²) >= 11 is 23.2. The van der Waals surface area contributed by atoms with Crippen LogP contribution in [0.3, 0.4) is 0 Å². The standard InChI is InChI=1S/C19H19Cl3N4O2S/c1-11-3-5-13(6-4-11)16(28)25-17(19(20,21)22)26-18(29)24-15-9-7-14(8-10-15)23-12(2)27/h3-10,17H,1-2H3,(H,23,27)(H,25,28)(H2,24,26,29)/t17-/m1/s1. The van der Waals surface area contributed by atoms with Crippen LogP contribution in [0, 0.1) is 6.92 Å². The van der Waals surface area contributed by atoms with Gasteiger partial charge in [0.1, 0.15) is 6.17 Å². The molecule has 0 unspecified atom stereocenters. The third kappa shape index (κ3) is 7.70. The Morgan fingerprint density at radius 3 is 1.90 bits per heavy atom. The predicted molar refractivity (Wildman–Crippen MR) is 123 cm³/mol. The third-order valence-corrected chi connectivity index (χ3v) is 4.53. The van der Waals surface area contributed by atoms with Gasteiger partial charge in [-0.1, -0.05) is 52.5 Å². The molecule has 0 saturated carbocycles. The molecule has 0 saturated heterocycles. The van der Waals surface area contributed by atoms with Crippen LogP contribution in [-0.2, 0) is 4.79 Å². The summed E-state index contributed by atoms with van der Waals surface area (Å²) in [6.45, 7) is 3.34. The lowest BCUT2D eigenvalue weighted by Crippen LogP contribution is -2.56. The van der Waals surface area contributed by atoms with Gasteiger partial charge in [-0.2, -0.15) is 0 Å². The number of hydrogen-bond donors (Lipinski definition) is 4. The molecule has 0 spiro atoms. The summed E-state index contributed by atoms with van der Waals surface area (Å²) in [5.41, 5.74) is 2.73. The van der Waals surface area contributed by atoms with Crippen molar-refractivity contribution >= 4 is 75.3 Å². The van der Waals surface area contributed by atoms with Crippen molar-refractivity contribution in [1.82, 2.24) is 10.6 Å². The van der Waals surface area contributed by atoms with Crippen molar-refractivity contribution in [2.45, 2.75) is 23.8 Å². The second-order valence-electron chi connectivity index (χ2n) is 6.17. The minimum atomic E-state index is -1.86. The fraction of sp³-hybridized carbons (Fsp3) is 0.211. The second kappa shape index (κ2) is 10.1. The van der Waals surface area contributed by atoms with Gasteiger partial charge in [0, 0.05) is 23.9 Å². The van der Waals surface area contributed by atoms with Gasteiger partial charge in [0.05, 0.1) is 0 Å². The molecule has 0 aromatic heterocycles. The van der Waals surface area contributed by atoms with E-state index in [4.69, 9.17) is 47.0 Å². The Morgan fingerprint density at radius 2 is 1.41 bits per heavy atom. The van der Waals surface area contributed by atoms with Gasteiger partial charge in [-0.3, -0.25) is 9.59 Å². The number of amides is 2. The number of anilines is 2. The van der Waals surface area contributed by atoms with E-state index in [1.807, 2.05) is 19.1 Å². The first-order chi connectivity index (χ1) is 13.5. The van der Waals surface area contributed by atoms with Crippen LogP contribution in [0.5, 0.6) is 0 Å². The van der Waals surface area contributed by atoms with E-state index in [-0.39, 0.29) is 11.0 Å². The zero-order chi connectivity index (χ0) is 21.6. The largest absolute Gasteiger partial charge is 0.339 e. The molecule has 0 fully saturated rings. The van der Waals surface area contributed by atoms with Gasteiger partial charge in [-0.05, 0) is 55.5 Å². The summed E-state index contributed by atoms with van der Waals surface area (Å²) in [5.74, 6) is -0.589. The highest BCUT2D eigenvalue weighted by atomic mass is 35.6. The molecule has 4 N–H and O–H groups in total. The van der Waals surface area contributed by atoms with Crippen molar-refractivity contribution in [2.24, 2.45) is 0 Å². The predicted octanol–water partition coefficient (Wildman–Crippen LogP) is 4.37. The fourth-order valence-corrected chi connectivity index (χ4v) is 2.82. The van der Waals surface area contributed by atoms with Crippen molar-refractivity contribution in [3.63, 3.8) is 0 Å². The summed E-state index contributed by atoms with van der Waals surface area (Å²) in [7, 11) is 0. The molecule has 2 aromatic carbocycles. The zero-order valence-corrected chi connectivity index (χ0v) is 18.6. The van der Waals surface area contributed by atoms with Crippen LogP contribution in [0.1, 0.15) is 22.8 Å². The molecule has 2 amide bonds. The Kier molecular flexibility index (Phi) is 8.10. The van der Waals surface area contributed by atoms with E-state index >= 15 is 0 Å². The van der Waals surface area contributed by atoms with Gasteiger partial charge in [-0.15, -0.1) is 0 Å². The number of carbonyl (C=O) groups is 2. The Bertz CT molecular complexity index is 884. The lowest BCUT2D eigenvalue weighted by Gasteiger charge is -2.27. The van der Waals surface area contributed by atoms with Crippen molar-refractivity contribution in [3.8, 4) is 0 Å². The number of hydrogen-bond acceptors (Lipinski definition) is 3. The Labute approximate surface area is 189 Å². The molecule has 0 aliphatic carbocycles. The summed E-state index contributed by atoms with van der Waals surface area (Å²) < 4.78 is -1.86. The number of nitrogens with one attached hydrogen (secondary N) is 4. The quantitative estimate of drug-likeness (QED) is 0.295. The van der Waals surface area contributed by atoms with E-state index in [2.05, 4.69) is 21.3 Å². The van der Waals surface area contributed by atoms with Crippen LogP contribution in [0.2, 0.25) is 0 Å². The normalized spacial score (nSPS) is 11.9.